The number of benzene rings is 2. The lowest BCUT2D eigenvalue weighted by atomic mass is 10.2. The summed E-state index contributed by atoms with van der Waals surface area (Å²) in [4.78, 5) is 0. The number of methoxy groups -OCH3 is 1. The lowest BCUT2D eigenvalue weighted by Gasteiger charge is -2.11. The van der Waals surface area contributed by atoms with Gasteiger partial charge in [0.05, 0.1) is 13.7 Å². The van der Waals surface area contributed by atoms with Crippen LogP contribution in [0.2, 0.25) is 0 Å². The summed E-state index contributed by atoms with van der Waals surface area (Å²) >= 11 is 1.83. The predicted molar refractivity (Wildman–Crippen MR) is 91.6 cm³/mol. The zero-order valence-corrected chi connectivity index (χ0v) is 13.9. The molecule has 0 radical (unpaired) electrons. The van der Waals surface area contributed by atoms with Crippen molar-refractivity contribution in [3.63, 3.8) is 0 Å². The third-order valence-corrected chi connectivity index (χ3v) is 4.57. The van der Waals surface area contributed by atoms with Crippen LogP contribution in [0.5, 0.6) is 17.2 Å². The van der Waals surface area contributed by atoms with E-state index in [9.17, 15) is 0 Å². The second-order valence-electron chi connectivity index (χ2n) is 5.01. The van der Waals surface area contributed by atoms with Crippen LogP contribution in [-0.4, -0.2) is 32.7 Å². The zero-order chi connectivity index (χ0) is 15.9. The number of hydrogen-bond acceptors (Lipinski definition) is 5. The summed E-state index contributed by atoms with van der Waals surface area (Å²) in [6.07, 6.45) is 0. The van der Waals surface area contributed by atoms with Gasteiger partial charge in [0, 0.05) is 5.75 Å². The van der Waals surface area contributed by atoms with Crippen molar-refractivity contribution < 1.29 is 18.9 Å². The largest absolute Gasteiger partial charge is 0.497 e. The van der Waals surface area contributed by atoms with E-state index in [2.05, 4.69) is 12.1 Å². The van der Waals surface area contributed by atoms with Gasteiger partial charge in [0.1, 0.15) is 35.9 Å². The maximum absolute atomic E-state index is 5.69. The van der Waals surface area contributed by atoms with E-state index in [4.69, 9.17) is 18.9 Å². The van der Waals surface area contributed by atoms with Crippen molar-refractivity contribution in [2.45, 2.75) is 5.44 Å². The summed E-state index contributed by atoms with van der Waals surface area (Å²) in [6, 6.07) is 15.6. The normalized spacial score (nSPS) is 17.0. The van der Waals surface area contributed by atoms with E-state index in [-0.39, 0.29) is 5.44 Å². The minimum atomic E-state index is 0.169. The molecule has 1 heterocycles. The summed E-state index contributed by atoms with van der Waals surface area (Å²) < 4.78 is 22.1. The van der Waals surface area contributed by atoms with Gasteiger partial charge in [-0.3, -0.25) is 0 Å². The molecule has 1 unspecified atom stereocenters. The molecule has 23 heavy (non-hydrogen) atoms. The Hall–Kier alpha value is -1.85. The van der Waals surface area contributed by atoms with Gasteiger partial charge in [-0.05, 0) is 42.0 Å². The molecule has 1 aliphatic heterocycles. The zero-order valence-electron chi connectivity index (χ0n) is 13.1. The molecule has 1 aliphatic rings. The highest BCUT2D eigenvalue weighted by Crippen LogP contribution is 2.35. The van der Waals surface area contributed by atoms with Crippen LogP contribution in [0.4, 0.5) is 0 Å². The van der Waals surface area contributed by atoms with Crippen molar-refractivity contribution in [1.29, 1.82) is 0 Å². The van der Waals surface area contributed by atoms with E-state index >= 15 is 0 Å². The van der Waals surface area contributed by atoms with Gasteiger partial charge in [-0.25, -0.2) is 0 Å². The van der Waals surface area contributed by atoms with Crippen LogP contribution < -0.4 is 14.2 Å². The first-order valence-electron chi connectivity index (χ1n) is 7.58. The van der Waals surface area contributed by atoms with E-state index in [1.165, 1.54) is 5.56 Å². The van der Waals surface area contributed by atoms with Crippen molar-refractivity contribution in [2.75, 3.05) is 32.7 Å². The highest BCUT2D eigenvalue weighted by atomic mass is 32.2. The topological polar surface area (TPSA) is 36.9 Å². The molecule has 0 N–H and O–H groups in total. The second kappa shape index (κ2) is 8.13. The van der Waals surface area contributed by atoms with Gasteiger partial charge >= 0.3 is 0 Å². The number of ether oxygens (including phenoxy) is 4. The minimum absolute atomic E-state index is 0.169. The second-order valence-corrected chi connectivity index (χ2v) is 6.18. The van der Waals surface area contributed by atoms with Crippen molar-refractivity contribution in [3.8, 4) is 17.2 Å². The smallest absolute Gasteiger partial charge is 0.128 e. The van der Waals surface area contributed by atoms with Crippen LogP contribution in [0.25, 0.3) is 0 Å². The SMILES string of the molecule is COc1ccc(OCCOc2ccc(C3OCCS3)cc2)cc1. The Bertz CT molecular complexity index is 591. The fourth-order valence-electron chi connectivity index (χ4n) is 2.26. The van der Waals surface area contributed by atoms with Crippen LogP contribution in [0.15, 0.2) is 48.5 Å². The fourth-order valence-corrected chi connectivity index (χ4v) is 3.21. The quantitative estimate of drug-likeness (QED) is 0.719. The summed E-state index contributed by atoms with van der Waals surface area (Å²) in [6.45, 7) is 1.83. The molecule has 2 aromatic rings. The molecule has 0 amide bonds. The van der Waals surface area contributed by atoms with Gasteiger partial charge < -0.3 is 18.9 Å². The third kappa shape index (κ3) is 4.56. The molecule has 122 valence electrons. The first-order valence-corrected chi connectivity index (χ1v) is 8.63. The van der Waals surface area contributed by atoms with Crippen LogP contribution in [0, 0.1) is 0 Å². The summed E-state index contributed by atoms with van der Waals surface area (Å²) in [5, 5.41) is 0. The molecular formula is C18H20O4S. The number of thioether (sulfide) groups is 1. The molecule has 0 saturated carbocycles. The molecule has 0 aromatic heterocycles. The van der Waals surface area contributed by atoms with Crippen molar-refractivity contribution in [2.24, 2.45) is 0 Å². The maximum Gasteiger partial charge on any atom is 0.128 e. The van der Waals surface area contributed by atoms with Gasteiger partial charge in [0.25, 0.3) is 0 Å². The first-order chi connectivity index (χ1) is 11.3. The van der Waals surface area contributed by atoms with E-state index in [1.807, 2.05) is 48.2 Å². The van der Waals surface area contributed by atoms with Gasteiger partial charge in [-0.2, -0.15) is 0 Å². The molecule has 0 aliphatic carbocycles. The monoisotopic (exact) mass is 332 g/mol. The molecule has 1 saturated heterocycles. The molecule has 1 atom stereocenters. The van der Waals surface area contributed by atoms with Crippen LogP contribution in [0.1, 0.15) is 11.0 Å². The third-order valence-electron chi connectivity index (χ3n) is 3.45. The Morgan fingerprint density at radius 2 is 1.48 bits per heavy atom. The Kier molecular flexibility index (Phi) is 5.66. The Morgan fingerprint density at radius 1 is 0.913 bits per heavy atom. The van der Waals surface area contributed by atoms with Crippen molar-refractivity contribution >= 4 is 11.8 Å². The van der Waals surface area contributed by atoms with E-state index in [0.717, 1.165) is 29.6 Å². The van der Waals surface area contributed by atoms with Crippen LogP contribution >= 0.6 is 11.8 Å². The lowest BCUT2D eigenvalue weighted by Crippen LogP contribution is -2.09. The van der Waals surface area contributed by atoms with Gasteiger partial charge in [0.15, 0.2) is 0 Å². The van der Waals surface area contributed by atoms with E-state index < -0.39 is 0 Å². The average Bonchev–Trinajstić information content (AvgIpc) is 3.14. The highest BCUT2D eigenvalue weighted by molar-refractivity contribution is 7.99. The molecule has 3 rings (SSSR count). The molecule has 2 aromatic carbocycles. The van der Waals surface area contributed by atoms with E-state index in [0.29, 0.717) is 13.2 Å². The summed E-state index contributed by atoms with van der Waals surface area (Å²) in [5.74, 6) is 3.53. The number of rotatable bonds is 7. The summed E-state index contributed by atoms with van der Waals surface area (Å²) in [7, 11) is 1.65. The molecule has 1 fully saturated rings. The predicted octanol–water partition coefficient (Wildman–Crippen LogP) is 3.92. The standard InChI is InChI=1S/C18H20O4S/c1-19-15-6-8-17(9-7-15)21-11-10-20-16-4-2-14(3-5-16)18-22-12-13-23-18/h2-9,18H,10-13H2,1H3. The maximum atomic E-state index is 5.69. The van der Waals surface area contributed by atoms with E-state index in [1.54, 1.807) is 7.11 Å². The first kappa shape index (κ1) is 16.0. The van der Waals surface area contributed by atoms with Crippen LogP contribution in [0.3, 0.4) is 0 Å². The van der Waals surface area contributed by atoms with Gasteiger partial charge in [-0.1, -0.05) is 12.1 Å². The molecule has 0 bridgehead atoms. The molecule has 4 nitrogen and oxygen atoms in total. The van der Waals surface area contributed by atoms with Crippen LogP contribution in [-0.2, 0) is 4.74 Å². The fraction of sp³-hybridized carbons (Fsp3) is 0.333. The minimum Gasteiger partial charge on any atom is -0.497 e. The Balaban J connectivity index is 1.41. The van der Waals surface area contributed by atoms with Crippen molar-refractivity contribution in [1.82, 2.24) is 0 Å². The van der Waals surface area contributed by atoms with Crippen molar-refractivity contribution in [3.05, 3.63) is 54.1 Å². The van der Waals surface area contributed by atoms with Gasteiger partial charge in [-0.15, -0.1) is 11.8 Å². The lowest BCUT2D eigenvalue weighted by molar-refractivity contribution is 0.145. The molecular weight excluding hydrogens is 312 g/mol. The molecule has 5 heteroatoms. The average molecular weight is 332 g/mol. The number of hydrogen-bond donors (Lipinski definition) is 0. The highest BCUT2D eigenvalue weighted by Gasteiger charge is 2.17. The summed E-state index contributed by atoms with van der Waals surface area (Å²) in [5.41, 5.74) is 1.36. The Labute approximate surface area is 140 Å². The van der Waals surface area contributed by atoms with Gasteiger partial charge in [0.2, 0.25) is 0 Å². The Morgan fingerprint density at radius 3 is 2.00 bits per heavy atom. The molecule has 0 spiro atoms.